The Bertz CT molecular complexity index is 1040. The predicted molar refractivity (Wildman–Crippen MR) is 112 cm³/mol. The van der Waals surface area contributed by atoms with Gasteiger partial charge in [-0.2, -0.15) is 0 Å². The van der Waals surface area contributed by atoms with Crippen molar-refractivity contribution in [2.24, 2.45) is 0 Å². The Morgan fingerprint density at radius 1 is 1.07 bits per heavy atom. The van der Waals surface area contributed by atoms with Crippen LogP contribution in [0.25, 0.3) is 22.3 Å². The van der Waals surface area contributed by atoms with Gasteiger partial charge in [-0.1, -0.05) is 0 Å². The molecule has 0 N–H and O–H groups in total. The molecule has 0 unspecified atom stereocenters. The van der Waals surface area contributed by atoms with Crippen LogP contribution in [0.1, 0.15) is 5.56 Å². The maximum Gasteiger partial charge on any atom is 0.197 e. The Morgan fingerprint density at radius 3 is 2.55 bits per heavy atom. The second-order valence-electron chi connectivity index (χ2n) is 7.14. The van der Waals surface area contributed by atoms with Crippen LogP contribution in [0.2, 0.25) is 0 Å². The molecule has 152 valence electrons. The van der Waals surface area contributed by atoms with Gasteiger partial charge in [-0.25, -0.2) is 0 Å². The molecule has 0 atom stereocenters. The summed E-state index contributed by atoms with van der Waals surface area (Å²) >= 11 is 0. The standard InChI is InChI=1S/C23H25NO5/c1-16-13-21(26-2)23-19(25)15-20(29-22(23)14-16)17-3-5-18(6-4-17)28-12-9-24-7-10-27-11-8-24/h3-6,13-15H,7-12H2,1-2H3. The molecule has 3 aromatic rings. The van der Waals surface area contributed by atoms with Crippen molar-refractivity contribution in [2.75, 3.05) is 46.6 Å². The molecular formula is C23H25NO5. The first-order chi connectivity index (χ1) is 14.1. The zero-order chi connectivity index (χ0) is 20.2. The second-order valence-corrected chi connectivity index (χ2v) is 7.14. The number of methoxy groups -OCH3 is 1. The van der Waals surface area contributed by atoms with Crippen LogP contribution in [-0.4, -0.2) is 51.5 Å². The average Bonchev–Trinajstić information content (AvgIpc) is 2.74. The second kappa shape index (κ2) is 8.68. The highest BCUT2D eigenvalue weighted by Gasteiger charge is 2.13. The van der Waals surface area contributed by atoms with Crippen LogP contribution in [0.4, 0.5) is 0 Å². The predicted octanol–water partition coefficient (Wildman–Crippen LogP) is 3.49. The minimum atomic E-state index is -0.121. The summed E-state index contributed by atoms with van der Waals surface area (Å²) in [5.41, 5.74) is 2.20. The summed E-state index contributed by atoms with van der Waals surface area (Å²) in [6.45, 7) is 6.93. The molecule has 4 rings (SSSR count). The molecule has 2 heterocycles. The molecule has 0 saturated carbocycles. The topological polar surface area (TPSA) is 61.1 Å². The van der Waals surface area contributed by atoms with E-state index in [-0.39, 0.29) is 5.43 Å². The molecule has 0 amide bonds. The normalized spacial score (nSPS) is 14.8. The summed E-state index contributed by atoms with van der Waals surface area (Å²) < 4.78 is 22.6. The summed E-state index contributed by atoms with van der Waals surface area (Å²) in [7, 11) is 1.55. The fraction of sp³-hybridized carbons (Fsp3) is 0.348. The number of hydrogen-bond donors (Lipinski definition) is 0. The largest absolute Gasteiger partial charge is 0.496 e. The zero-order valence-electron chi connectivity index (χ0n) is 16.8. The van der Waals surface area contributed by atoms with Gasteiger partial charge in [0.15, 0.2) is 5.43 Å². The molecule has 6 heteroatoms. The molecule has 0 aliphatic carbocycles. The number of nitrogens with zero attached hydrogens (tertiary/aromatic N) is 1. The fourth-order valence-electron chi connectivity index (χ4n) is 3.52. The highest BCUT2D eigenvalue weighted by atomic mass is 16.5. The van der Waals surface area contributed by atoms with Gasteiger partial charge in [0.25, 0.3) is 0 Å². The maximum atomic E-state index is 12.6. The van der Waals surface area contributed by atoms with E-state index in [0.717, 1.165) is 49.7 Å². The lowest BCUT2D eigenvalue weighted by molar-refractivity contribution is 0.0322. The first-order valence-corrected chi connectivity index (χ1v) is 9.80. The Kier molecular flexibility index (Phi) is 5.83. The number of fused-ring (bicyclic) bond motifs is 1. The van der Waals surface area contributed by atoms with Crippen molar-refractivity contribution < 1.29 is 18.6 Å². The zero-order valence-corrected chi connectivity index (χ0v) is 16.8. The van der Waals surface area contributed by atoms with Crippen LogP contribution in [0.15, 0.2) is 51.7 Å². The molecule has 0 radical (unpaired) electrons. The van der Waals surface area contributed by atoms with E-state index in [2.05, 4.69) is 4.90 Å². The summed E-state index contributed by atoms with van der Waals surface area (Å²) in [6.07, 6.45) is 0. The molecule has 1 aliphatic heterocycles. The molecule has 2 aromatic carbocycles. The highest BCUT2D eigenvalue weighted by molar-refractivity contribution is 5.85. The fourth-order valence-corrected chi connectivity index (χ4v) is 3.52. The first-order valence-electron chi connectivity index (χ1n) is 9.80. The number of hydrogen-bond acceptors (Lipinski definition) is 6. The Balaban J connectivity index is 1.50. The summed E-state index contributed by atoms with van der Waals surface area (Å²) in [6, 6.07) is 12.8. The Labute approximate surface area is 169 Å². The SMILES string of the molecule is COc1cc(C)cc2oc(-c3ccc(OCCN4CCOCC4)cc3)cc(=O)c12. The van der Waals surface area contributed by atoms with Crippen molar-refractivity contribution in [2.45, 2.75) is 6.92 Å². The van der Waals surface area contributed by atoms with Crippen molar-refractivity contribution in [1.29, 1.82) is 0 Å². The van der Waals surface area contributed by atoms with Crippen molar-refractivity contribution in [3.05, 3.63) is 58.3 Å². The molecule has 1 aliphatic rings. The van der Waals surface area contributed by atoms with E-state index in [4.69, 9.17) is 18.6 Å². The van der Waals surface area contributed by atoms with Gasteiger partial charge in [-0.15, -0.1) is 0 Å². The highest BCUT2D eigenvalue weighted by Crippen LogP contribution is 2.29. The summed E-state index contributed by atoms with van der Waals surface area (Å²) in [5, 5.41) is 0.463. The van der Waals surface area contributed by atoms with Gasteiger partial charge in [-0.3, -0.25) is 9.69 Å². The van der Waals surface area contributed by atoms with Crippen LogP contribution in [0.3, 0.4) is 0 Å². The summed E-state index contributed by atoms with van der Waals surface area (Å²) in [5.74, 6) is 1.85. The smallest absolute Gasteiger partial charge is 0.197 e. The molecule has 1 fully saturated rings. The maximum absolute atomic E-state index is 12.6. The van der Waals surface area contributed by atoms with Crippen molar-refractivity contribution in [3.8, 4) is 22.8 Å². The number of aryl methyl sites for hydroxylation is 1. The quantitative estimate of drug-likeness (QED) is 0.637. The third-order valence-corrected chi connectivity index (χ3v) is 5.08. The molecule has 0 spiro atoms. The third-order valence-electron chi connectivity index (χ3n) is 5.08. The van der Waals surface area contributed by atoms with Crippen molar-refractivity contribution in [1.82, 2.24) is 4.90 Å². The van der Waals surface area contributed by atoms with Gasteiger partial charge in [-0.05, 0) is 48.9 Å². The average molecular weight is 395 g/mol. The van der Waals surface area contributed by atoms with E-state index in [9.17, 15) is 4.79 Å². The number of ether oxygens (including phenoxy) is 3. The Hall–Kier alpha value is -2.83. The van der Waals surface area contributed by atoms with Crippen LogP contribution in [-0.2, 0) is 4.74 Å². The van der Waals surface area contributed by atoms with Gasteiger partial charge in [0, 0.05) is 31.3 Å². The lowest BCUT2D eigenvalue weighted by atomic mass is 10.1. The van der Waals surface area contributed by atoms with Crippen LogP contribution >= 0.6 is 0 Å². The van der Waals surface area contributed by atoms with E-state index in [1.807, 2.05) is 43.3 Å². The number of morpholine rings is 1. The molecular weight excluding hydrogens is 370 g/mol. The summed E-state index contributed by atoms with van der Waals surface area (Å²) in [4.78, 5) is 15.0. The molecule has 1 aromatic heterocycles. The van der Waals surface area contributed by atoms with Gasteiger partial charge in [0.1, 0.15) is 34.8 Å². The van der Waals surface area contributed by atoms with E-state index >= 15 is 0 Å². The molecule has 0 bridgehead atoms. The third kappa shape index (κ3) is 4.44. The van der Waals surface area contributed by atoms with Crippen molar-refractivity contribution >= 4 is 11.0 Å². The van der Waals surface area contributed by atoms with Gasteiger partial charge >= 0.3 is 0 Å². The lowest BCUT2D eigenvalue weighted by Gasteiger charge is -2.26. The number of rotatable bonds is 6. The lowest BCUT2D eigenvalue weighted by Crippen LogP contribution is -2.38. The van der Waals surface area contributed by atoms with Gasteiger partial charge in [0.05, 0.1) is 20.3 Å². The molecule has 29 heavy (non-hydrogen) atoms. The number of benzene rings is 2. The van der Waals surface area contributed by atoms with Crippen LogP contribution < -0.4 is 14.9 Å². The monoisotopic (exact) mass is 395 g/mol. The minimum Gasteiger partial charge on any atom is -0.496 e. The molecule has 1 saturated heterocycles. The van der Waals surface area contributed by atoms with E-state index in [1.165, 1.54) is 6.07 Å². The van der Waals surface area contributed by atoms with Crippen LogP contribution in [0.5, 0.6) is 11.5 Å². The van der Waals surface area contributed by atoms with Crippen LogP contribution in [0, 0.1) is 6.92 Å². The first kappa shape index (κ1) is 19.5. The van der Waals surface area contributed by atoms with E-state index in [1.54, 1.807) is 7.11 Å². The van der Waals surface area contributed by atoms with E-state index < -0.39 is 0 Å². The van der Waals surface area contributed by atoms with Crippen molar-refractivity contribution in [3.63, 3.8) is 0 Å². The minimum absolute atomic E-state index is 0.121. The molecule has 6 nitrogen and oxygen atoms in total. The van der Waals surface area contributed by atoms with Gasteiger partial charge < -0.3 is 18.6 Å². The van der Waals surface area contributed by atoms with E-state index in [0.29, 0.717) is 29.1 Å². The Morgan fingerprint density at radius 2 is 1.83 bits per heavy atom. The van der Waals surface area contributed by atoms with Gasteiger partial charge in [0.2, 0.25) is 0 Å².